The van der Waals surface area contributed by atoms with E-state index in [4.69, 9.17) is 5.11 Å². The molecule has 11 nitrogen and oxygen atoms in total. The third-order valence-corrected chi connectivity index (χ3v) is 5.04. The number of aromatic nitrogens is 1. The maximum atomic E-state index is 11.5. The van der Waals surface area contributed by atoms with Crippen LogP contribution in [-0.2, 0) is 20.9 Å². The predicted octanol–water partition coefficient (Wildman–Crippen LogP) is 0.449. The lowest BCUT2D eigenvalue weighted by atomic mass is 9.87. The second-order valence-electron chi connectivity index (χ2n) is 7.23. The Balaban J connectivity index is 2.32. The molecule has 0 aliphatic heterocycles. The fourth-order valence-corrected chi connectivity index (χ4v) is 3.94. The van der Waals surface area contributed by atoms with Gasteiger partial charge in [-0.1, -0.05) is 18.9 Å². The minimum atomic E-state index is -1.20. The average Bonchev–Trinajstić information content (AvgIpc) is 2.66. The molecule has 1 saturated carbocycles. The molecule has 1 heterocycles. The van der Waals surface area contributed by atoms with Crippen molar-refractivity contribution in [2.24, 2.45) is 0 Å². The summed E-state index contributed by atoms with van der Waals surface area (Å²) in [5.74, 6) is -4.63. The van der Waals surface area contributed by atoms with Crippen LogP contribution in [0.3, 0.4) is 0 Å². The summed E-state index contributed by atoms with van der Waals surface area (Å²) in [6.07, 6.45) is 2.65. The van der Waals surface area contributed by atoms with Gasteiger partial charge in [-0.2, -0.15) is 0 Å². The molecule has 1 fully saturated rings. The van der Waals surface area contributed by atoms with Crippen molar-refractivity contribution >= 4 is 23.9 Å². The van der Waals surface area contributed by atoms with E-state index in [0.717, 1.165) is 12.8 Å². The van der Waals surface area contributed by atoms with Gasteiger partial charge in [0.15, 0.2) is 0 Å². The lowest BCUT2D eigenvalue weighted by Gasteiger charge is -2.43. The molecule has 30 heavy (non-hydrogen) atoms. The molecule has 0 radical (unpaired) electrons. The highest BCUT2D eigenvalue weighted by Gasteiger charge is 2.36. The van der Waals surface area contributed by atoms with Gasteiger partial charge >= 0.3 is 23.9 Å². The van der Waals surface area contributed by atoms with Crippen LogP contribution in [0.4, 0.5) is 0 Å². The van der Waals surface area contributed by atoms with Crippen LogP contribution in [0.2, 0.25) is 0 Å². The molecule has 0 spiro atoms. The van der Waals surface area contributed by atoms with Gasteiger partial charge in [-0.05, 0) is 25.0 Å². The van der Waals surface area contributed by atoms with Crippen molar-refractivity contribution in [3.05, 3.63) is 29.6 Å². The highest BCUT2D eigenvalue weighted by molar-refractivity contribution is 5.85. The van der Waals surface area contributed by atoms with Gasteiger partial charge in [0, 0.05) is 18.6 Å². The summed E-state index contributed by atoms with van der Waals surface area (Å²) in [6, 6.07) is 3.56. The van der Waals surface area contributed by atoms with Crippen LogP contribution >= 0.6 is 0 Å². The van der Waals surface area contributed by atoms with Crippen LogP contribution in [-0.4, -0.2) is 90.8 Å². The number of pyridine rings is 1. The summed E-state index contributed by atoms with van der Waals surface area (Å²) in [4.78, 5) is 52.2. The zero-order chi connectivity index (χ0) is 22.3. The molecule has 0 aromatic carbocycles. The Kier molecular flexibility index (Phi) is 8.25. The quantitative estimate of drug-likeness (QED) is 0.390. The van der Waals surface area contributed by atoms with Crippen LogP contribution in [0.15, 0.2) is 18.2 Å². The van der Waals surface area contributed by atoms with E-state index in [-0.39, 0.29) is 18.8 Å². The fourth-order valence-electron chi connectivity index (χ4n) is 3.94. The first-order valence-electron chi connectivity index (χ1n) is 9.50. The number of hydrogen-bond acceptors (Lipinski definition) is 7. The van der Waals surface area contributed by atoms with E-state index in [1.54, 1.807) is 11.0 Å². The molecule has 11 heteroatoms. The van der Waals surface area contributed by atoms with E-state index in [9.17, 15) is 34.5 Å². The molecule has 0 amide bonds. The number of carboxylic acids is 4. The Morgan fingerprint density at radius 3 is 1.83 bits per heavy atom. The first kappa shape index (κ1) is 23.2. The molecule has 2 rings (SSSR count). The highest BCUT2D eigenvalue weighted by Crippen LogP contribution is 2.28. The molecule has 2 atom stereocenters. The summed E-state index contributed by atoms with van der Waals surface area (Å²) in [7, 11) is 0. The van der Waals surface area contributed by atoms with Gasteiger partial charge in [0.2, 0.25) is 0 Å². The number of nitrogens with zero attached hydrogens (tertiary/aromatic N) is 3. The molecule has 1 aliphatic carbocycles. The van der Waals surface area contributed by atoms with Crippen molar-refractivity contribution in [3.63, 3.8) is 0 Å². The van der Waals surface area contributed by atoms with E-state index in [2.05, 4.69) is 4.98 Å². The van der Waals surface area contributed by atoms with Crippen LogP contribution in [0.1, 0.15) is 41.9 Å². The van der Waals surface area contributed by atoms with Crippen LogP contribution in [0.5, 0.6) is 0 Å². The predicted molar refractivity (Wildman–Crippen MR) is 102 cm³/mol. The highest BCUT2D eigenvalue weighted by atomic mass is 16.4. The normalized spacial score (nSPS) is 19.0. The molecule has 0 bridgehead atoms. The number of carboxylic acid groups (broad SMARTS) is 4. The van der Waals surface area contributed by atoms with E-state index in [1.807, 2.05) is 0 Å². The van der Waals surface area contributed by atoms with Crippen molar-refractivity contribution in [3.8, 4) is 0 Å². The van der Waals surface area contributed by atoms with Crippen molar-refractivity contribution in [2.75, 3.05) is 19.6 Å². The third kappa shape index (κ3) is 6.78. The second-order valence-corrected chi connectivity index (χ2v) is 7.23. The number of aliphatic carboxylic acids is 3. The van der Waals surface area contributed by atoms with Crippen molar-refractivity contribution in [2.45, 2.75) is 44.3 Å². The van der Waals surface area contributed by atoms with Gasteiger partial charge in [-0.3, -0.25) is 24.2 Å². The maximum Gasteiger partial charge on any atom is 0.354 e. The van der Waals surface area contributed by atoms with E-state index >= 15 is 0 Å². The van der Waals surface area contributed by atoms with Gasteiger partial charge in [0.25, 0.3) is 0 Å². The zero-order valence-electron chi connectivity index (χ0n) is 16.3. The first-order valence-corrected chi connectivity index (χ1v) is 9.50. The Labute approximate surface area is 172 Å². The van der Waals surface area contributed by atoms with Gasteiger partial charge in [-0.15, -0.1) is 0 Å². The van der Waals surface area contributed by atoms with E-state index in [0.29, 0.717) is 18.5 Å². The number of hydrogen-bond donors (Lipinski definition) is 4. The van der Waals surface area contributed by atoms with Crippen molar-refractivity contribution < 1.29 is 39.6 Å². The Hall–Kier alpha value is -3.05. The molecular formula is C19H25N3O8. The lowest BCUT2D eigenvalue weighted by Crippen LogP contribution is -2.56. The Morgan fingerprint density at radius 2 is 1.33 bits per heavy atom. The average molecular weight is 423 g/mol. The zero-order valence-corrected chi connectivity index (χ0v) is 16.3. The van der Waals surface area contributed by atoms with Gasteiger partial charge in [0.05, 0.1) is 25.3 Å². The summed E-state index contributed by atoms with van der Waals surface area (Å²) in [5, 5.41) is 36.9. The van der Waals surface area contributed by atoms with Gasteiger partial charge < -0.3 is 20.4 Å². The summed E-state index contributed by atoms with van der Waals surface area (Å²) >= 11 is 0. The van der Waals surface area contributed by atoms with Crippen molar-refractivity contribution in [1.29, 1.82) is 0 Å². The molecule has 1 aromatic rings. The SMILES string of the molecule is O=C(O)CN(Cc1cccc(C(=O)O)n1)[C@@H]1CCCC[C@@H]1N(CC(=O)O)CC(=O)O. The Bertz CT molecular complexity index is 784. The summed E-state index contributed by atoms with van der Waals surface area (Å²) in [5.41, 5.74) is 0.199. The minimum absolute atomic E-state index is 0.0442. The van der Waals surface area contributed by atoms with Crippen LogP contribution in [0.25, 0.3) is 0 Å². The first-order chi connectivity index (χ1) is 14.2. The topological polar surface area (TPSA) is 169 Å². The lowest BCUT2D eigenvalue weighted by molar-refractivity contribution is -0.146. The Morgan fingerprint density at radius 1 is 0.833 bits per heavy atom. The number of aromatic carboxylic acids is 1. The largest absolute Gasteiger partial charge is 0.480 e. The second kappa shape index (κ2) is 10.6. The number of rotatable bonds is 11. The van der Waals surface area contributed by atoms with E-state index in [1.165, 1.54) is 17.0 Å². The molecule has 1 aliphatic rings. The molecule has 1 aromatic heterocycles. The van der Waals surface area contributed by atoms with Crippen LogP contribution in [0, 0.1) is 0 Å². The van der Waals surface area contributed by atoms with Gasteiger partial charge in [-0.25, -0.2) is 9.78 Å². The van der Waals surface area contributed by atoms with Gasteiger partial charge in [0.1, 0.15) is 5.69 Å². The minimum Gasteiger partial charge on any atom is -0.480 e. The van der Waals surface area contributed by atoms with Crippen molar-refractivity contribution in [1.82, 2.24) is 14.8 Å². The van der Waals surface area contributed by atoms with E-state index < -0.39 is 49.1 Å². The molecular weight excluding hydrogens is 398 g/mol. The monoisotopic (exact) mass is 423 g/mol. The summed E-state index contributed by atoms with van der Waals surface area (Å²) < 4.78 is 0. The number of carbonyl (C=O) groups is 4. The molecule has 4 N–H and O–H groups in total. The fraction of sp³-hybridized carbons (Fsp3) is 0.526. The molecule has 0 saturated heterocycles. The standard InChI is InChI=1S/C19H25N3O8/c23-16(24)9-21(8-12-4-3-5-13(20-12)19(29)30)14-6-1-2-7-15(14)22(10-17(25)26)11-18(27)28/h3-5,14-15H,1-2,6-11H2,(H,23,24)(H,25,26)(H,27,28)(H,29,30)/t14-,15+/m1/s1. The summed E-state index contributed by atoms with van der Waals surface area (Å²) in [6.45, 7) is -1.26. The maximum absolute atomic E-state index is 11.5. The molecule has 0 unspecified atom stereocenters. The smallest absolute Gasteiger partial charge is 0.354 e. The molecule has 164 valence electrons. The van der Waals surface area contributed by atoms with Crippen LogP contribution < -0.4 is 0 Å². The third-order valence-electron chi connectivity index (χ3n) is 5.04.